The fourth-order valence-electron chi connectivity index (χ4n) is 1.76. The number of benzene rings is 2. The third-order valence-corrected chi connectivity index (χ3v) is 3.57. The number of halogens is 1. The number of carbonyl (C=O) groups is 1. The monoisotopic (exact) mass is 376 g/mol. The SMILES string of the molecule is N#Cc1ccc(CCC(=O)Nc2ccc(I)cc2)cc1. The molecule has 0 bridgehead atoms. The van der Waals surface area contributed by atoms with E-state index in [1.165, 1.54) is 0 Å². The van der Waals surface area contributed by atoms with Crippen molar-refractivity contribution in [2.45, 2.75) is 12.8 Å². The molecule has 0 spiro atoms. The van der Waals surface area contributed by atoms with E-state index < -0.39 is 0 Å². The maximum Gasteiger partial charge on any atom is 0.224 e. The van der Waals surface area contributed by atoms with Crippen molar-refractivity contribution in [3.8, 4) is 6.07 Å². The van der Waals surface area contributed by atoms with E-state index in [1.54, 1.807) is 12.1 Å². The van der Waals surface area contributed by atoms with E-state index in [1.807, 2.05) is 36.4 Å². The highest BCUT2D eigenvalue weighted by atomic mass is 127. The van der Waals surface area contributed by atoms with Crippen LogP contribution in [-0.2, 0) is 11.2 Å². The largest absolute Gasteiger partial charge is 0.326 e. The Balaban J connectivity index is 1.85. The van der Waals surface area contributed by atoms with Gasteiger partial charge in [-0.3, -0.25) is 4.79 Å². The molecular weight excluding hydrogens is 363 g/mol. The van der Waals surface area contributed by atoms with Gasteiger partial charge < -0.3 is 5.32 Å². The van der Waals surface area contributed by atoms with E-state index in [-0.39, 0.29) is 5.91 Å². The van der Waals surface area contributed by atoms with E-state index in [9.17, 15) is 4.79 Å². The minimum atomic E-state index is -0.00410. The summed E-state index contributed by atoms with van der Waals surface area (Å²) in [7, 11) is 0. The molecule has 1 N–H and O–H groups in total. The molecule has 0 fully saturated rings. The van der Waals surface area contributed by atoms with Gasteiger partial charge in [0.25, 0.3) is 0 Å². The number of aryl methyl sites for hydroxylation is 1. The Bertz CT molecular complexity index is 627. The predicted molar refractivity (Wildman–Crippen MR) is 87.3 cm³/mol. The molecule has 1 amide bonds. The smallest absolute Gasteiger partial charge is 0.224 e. The topological polar surface area (TPSA) is 52.9 Å². The lowest BCUT2D eigenvalue weighted by Crippen LogP contribution is -2.12. The van der Waals surface area contributed by atoms with Gasteiger partial charge in [-0.25, -0.2) is 0 Å². The fraction of sp³-hybridized carbons (Fsp3) is 0.125. The number of rotatable bonds is 4. The summed E-state index contributed by atoms with van der Waals surface area (Å²) >= 11 is 2.22. The predicted octanol–water partition coefficient (Wildman–Crippen LogP) is 3.73. The Morgan fingerprint density at radius 3 is 2.35 bits per heavy atom. The van der Waals surface area contributed by atoms with Crippen LogP contribution in [0.2, 0.25) is 0 Å². The first-order valence-electron chi connectivity index (χ1n) is 6.22. The number of nitrogens with zero attached hydrogens (tertiary/aromatic N) is 1. The summed E-state index contributed by atoms with van der Waals surface area (Å²) in [5, 5.41) is 11.6. The average Bonchev–Trinajstić information content (AvgIpc) is 2.48. The van der Waals surface area contributed by atoms with Gasteiger partial charge in [0.1, 0.15) is 0 Å². The van der Waals surface area contributed by atoms with Crippen LogP contribution in [0, 0.1) is 14.9 Å². The van der Waals surface area contributed by atoms with E-state index in [4.69, 9.17) is 5.26 Å². The first-order valence-corrected chi connectivity index (χ1v) is 7.30. The normalized spacial score (nSPS) is 9.80. The average molecular weight is 376 g/mol. The summed E-state index contributed by atoms with van der Waals surface area (Å²) in [6.07, 6.45) is 1.10. The van der Waals surface area contributed by atoms with Crippen LogP contribution in [0.5, 0.6) is 0 Å². The molecule has 100 valence electrons. The number of hydrogen-bond acceptors (Lipinski definition) is 2. The summed E-state index contributed by atoms with van der Waals surface area (Å²) in [5.74, 6) is -0.00410. The second kappa shape index (κ2) is 7.06. The molecule has 0 saturated heterocycles. The summed E-state index contributed by atoms with van der Waals surface area (Å²) in [5.41, 5.74) is 2.51. The van der Waals surface area contributed by atoms with Gasteiger partial charge in [-0.2, -0.15) is 5.26 Å². The number of amides is 1. The molecule has 0 atom stereocenters. The van der Waals surface area contributed by atoms with Gasteiger partial charge >= 0.3 is 0 Å². The second-order valence-corrected chi connectivity index (χ2v) is 5.61. The van der Waals surface area contributed by atoms with Crippen molar-refractivity contribution >= 4 is 34.2 Å². The van der Waals surface area contributed by atoms with Crippen molar-refractivity contribution in [2.24, 2.45) is 0 Å². The van der Waals surface area contributed by atoms with Crippen LogP contribution in [0.25, 0.3) is 0 Å². The highest BCUT2D eigenvalue weighted by Crippen LogP contribution is 2.12. The Morgan fingerprint density at radius 1 is 1.10 bits per heavy atom. The van der Waals surface area contributed by atoms with Gasteiger partial charge in [0.05, 0.1) is 11.6 Å². The molecule has 2 aromatic rings. The van der Waals surface area contributed by atoms with E-state index in [0.717, 1.165) is 14.8 Å². The van der Waals surface area contributed by atoms with Crippen molar-refractivity contribution < 1.29 is 4.79 Å². The van der Waals surface area contributed by atoms with Crippen LogP contribution in [0.4, 0.5) is 5.69 Å². The van der Waals surface area contributed by atoms with E-state index >= 15 is 0 Å². The fourth-order valence-corrected chi connectivity index (χ4v) is 2.12. The van der Waals surface area contributed by atoms with Crippen molar-refractivity contribution in [1.82, 2.24) is 0 Å². The molecule has 0 radical (unpaired) electrons. The van der Waals surface area contributed by atoms with Crippen LogP contribution >= 0.6 is 22.6 Å². The number of anilines is 1. The first kappa shape index (κ1) is 14.5. The lowest BCUT2D eigenvalue weighted by Gasteiger charge is -2.05. The summed E-state index contributed by atoms with van der Waals surface area (Å²) in [6, 6.07) is 17.1. The zero-order valence-corrected chi connectivity index (χ0v) is 12.9. The summed E-state index contributed by atoms with van der Waals surface area (Å²) in [4.78, 5) is 11.8. The van der Waals surface area contributed by atoms with E-state index in [0.29, 0.717) is 18.4 Å². The number of nitriles is 1. The number of hydrogen-bond donors (Lipinski definition) is 1. The third-order valence-electron chi connectivity index (χ3n) is 2.85. The quantitative estimate of drug-likeness (QED) is 0.827. The Kier molecular flexibility index (Phi) is 5.13. The Morgan fingerprint density at radius 2 is 1.75 bits per heavy atom. The van der Waals surface area contributed by atoms with Crippen molar-refractivity contribution in [2.75, 3.05) is 5.32 Å². The van der Waals surface area contributed by atoms with Crippen molar-refractivity contribution in [1.29, 1.82) is 5.26 Å². The molecule has 4 heteroatoms. The summed E-state index contributed by atoms with van der Waals surface area (Å²) < 4.78 is 1.14. The molecule has 0 saturated carbocycles. The zero-order chi connectivity index (χ0) is 14.4. The van der Waals surface area contributed by atoms with Gasteiger partial charge in [0.15, 0.2) is 0 Å². The second-order valence-electron chi connectivity index (χ2n) is 4.36. The zero-order valence-electron chi connectivity index (χ0n) is 10.8. The van der Waals surface area contributed by atoms with Crippen LogP contribution in [0.1, 0.15) is 17.5 Å². The van der Waals surface area contributed by atoms with Gasteiger partial charge in [0, 0.05) is 15.7 Å². The molecule has 0 heterocycles. The minimum absolute atomic E-state index is 0.00410. The molecule has 3 nitrogen and oxygen atoms in total. The highest BCUT2D eigenvalue weighted by Gasteiger charge is 2.03. The molecule has 2 rings (SSSR count). The van der Waals surface area contributed by atoms with Gasteiger partial charge in [-0.15, -0.1) is 0 Å². The molecule has 0 aliphatic carbocycles. The standard InChI is InChI=1S/C16H13IN2O/c17-14-6-8-15(9-7-14)19-16(20)10-5-12-1-3-13(11-18)4-2-12/h1-4,6-9H,5,10H2,(H,19,20). The first-order chi connectivity index (χ1) is 9.67. The molecule has 0 aromatic heterocycles. The Hall–Kier alpha value is -1.87. The maximum absolute atomic E-state index is 11.8. The maximum atomic E-state index is 11.8. The molecule has 2 aromatic carbocycles. The number of nitrogens with one attached hydrogen (secondary N) is 1. The molecule has 0 unspecified atom stereocenters. The van der Waals surface area contributed by atoms with Crippen LogP contribution in [0.3, 0.4) is 0 Å². The van der Waals surface area contributed by atoms with Crippen LogP contribution in [0.15, 0.2) is 48.5 Å². The molecule has 0 aliphatic rings. The molecule has 0 aliphatic heterocycles. The Labute approximate surface area is 131 Å². The van der Waals surface area contributed by atoms with Gasteiger partial charge in [0.2, 0.25) is 5.91 Å². The molecular formula is C16H13IN2O. The third kappa shape index (κ3) is 4.35. The van der Waals surface area contributed by atoms with Gasteiger partial charge in [-0.05, 0) is 71.0 Å². The van der Waals surface area contributed by atoms with Crippen molar-refractivity contribution in [3.05, 3.63) is 63.2 Å². The van der Waals surface area contributed by atoms with Gasteiger partial charge in [-0.1, -0.05) is 12.1 Å². The number of carbonyl (C=O) groups excluding carboxylic acids is 1. The molecule has 20 heavy (non-hydrogen) atoms. The minimum Gasteiger partial charge on any atom is -0.326 e. The van der Waals surface area contributed by atoms with Crippen LogP contribution < -0.4 is 5.32 Å². The van der Waals surface area contributed by atoms with Crippen molar-refractivity contribution in [3.63, 3.8) is 0 Å². The summed E-state index contributed by atoms with van der Waals surface area (Å²) in [6.45, 7) is 0. The van der Waals surface area contributed by atoms with Crippen LogP contribution in [-0.4, -0.2) is 5.91 Å². The highest BCUT2D eigenvalue weighted by molar-refractivity contribution is 14.1. The lowest BCUT2D eigenvalue weighted by atomic mass is 10.1. The lowest BCUT2D eigenvalue weighted by molar-refractivity contribution is -0.116. The van der Waals surface area contributed by atoms with E-state index in [2.05, 4.69) is 34.0 Å².